The van der Waals surface area contributed by atoms with E-state index in [2.05, 4.69) is 15.0 Å². The molecule has 0 bridgehead atoms. The van der Waals surface area contributed by atoms with E-state index in [0.29, 0.717) is 12.2 Å². The Morgan fingerprint density at radius 2 is 2.05 bits per heavy atom. The molecular weight excluding hydrogens is 274 g/mol. The lowest BCUT2D eigenvalue weighted by molar-refractivity contribution is 0.0697. The second-order valence-corrected chi connectivity index (χ2v) is 4.50. The molecule has 0 fully saturated rings. The van der Waals surface area contributed by atoms with Gasteiger partial charge in [-0.2, -0.15) is 4.98 Å². The number of imidazole rings is 1. The molecule has 8 heteroatoms. The van der Waals surface area contributed by atoms with Crippen LogP contribution in [0.15, 0.2) is 35.4 Å². The third-order valence-electron chi connectivity index (χ3n) is 3.05. The minimum absolute atomic E-state index is 0.0236. The highest BCUT2D eigenvalue weighted by molar-refractivity contribution is 5.87. The molecule has 0 radical (unpaired) electrons. The minimum Gasteiger partial charge on any atom is -0.478 e. The van der Waals surface area contributed by atoms with Crippen molar-refractivity contribution in [3.8, 4) is 0 Å². The highest BCUT2D eigenvalue weighted by atomic mass is 16.4. The molecule has 8 nitrogen and oxygen atoms in total. The van der Waals surface area contributed by atoms with Gasteiger partial charge >= 0.3 is 5.97 Å². The number of H-pyrrole nitrogens is 1. The smallest absolute Gasteiger partial charge is 0.335 e. The first-order valence-electron chi connectivity index (χ1n) is 6.07. The molecule has 0 atom stereocenters. The summed E-state index contributed by atoms with van der Waals surface area (Å²) in [5.74, 6) is -0.953. The summed E-state index contributed by atoms with van der Waals surface area (Å²) in [6.45, 7) is 0.409. The summed E-state index contributed by atoms with van der Waals surface area (Å²) in [6.07, 6.45) is 1.50. The average molecular weight is 285 g/mol. The predicted octanol–water partition coefficient (Wildman–Crippen LogP) is 0.448. The Kier molecular flexibility index (Phi) is 2.90. The van der Waals surface area contributed by atoms with Crippen LogP contribution in [0.1, 0.15) is 15.9 Å². The number of anilines is 1. The molecule has 4 N–H and O–H groups in total. The van der Waals surface area contributed by atoms with E-state index >= 15 is 0 Å². The second-order valence-electron chi connectivity index (χ2n) is 4.50. The summed E-state index contributed by atoms with van der Waals surface area (Å²) < 4.78 is 1.68. The van der Waals surface area contributed by atoms with Crippen LogP contribution in [0.25, 0.3) is 11.2 Å². The quantitative estimate of drug-likeness (QED) is 0.641. The Bertz CT molecular complexity index is 879. The minimum atomic E-state index is -0.976. The summed E-state index contributed by atoms with van der Waals surface area (Å²) >= 11 is 0. The molecule has 0 aliphatic rings. The first-order valence-corrected chi connectivity index (χ1v) is 6.07. The Balaban J connectivity index is 1.98. The number of aromatic carboxylic acids is 1. The molecule has 3 aromatic rings. The van der Waals surface area contributed by atoms with E-state index in [1.54, 1.807) is 16.7 Å². The van der Waals surface area contributed by atoms with E-state index in [1.165, 1.54) is 18.5 Å². The highest BCUT2D eigenvalue weighted by Crippen LogP contribution is 2.11. The second kappa shape index (κ2) is 4.75. The van der Waals surface area contributed by atoms with Gasteiger partial charge < -0.3 is 15.4 Å². The van der Waals surface area contributed by atoms with Crippen LogP contribution in [0.4, 0.5) is 5.95 Å². The third-order valence-corrected chi connectivity index (χ3v) is 3.05. The molecule has 2 aromatic heterocycles. The molecule has 1 aromatic carbocycles. The number of aromatic nitrogens is 4. The van der Waals surface area contributed by atoms with Crippen molar-refractivity contribution in [1.82, 2.24) is 19.5 Å². The standard InChI is InChI=1S/C13H11N5O3/c14-13-16-10-9(11(19)17-13)15-6-18(10)5-7-1-3-8(4-2-7)12(20)21/h1-4,6H,5H2,(H,20,21)(H3,14,16,17,19). The van der Waals surface area contributed by atoms with Crippen LogP contribution < -0.4 is 11.3 Å². The van der Waals surface area contributed by atoms with Crippen molar-refractivity contribution >= 4 is 23.1 Å². The number of carbonyl (C=O) groups is 1. The Morgan fingerprint density at radius 1 is 1.33 bits per heavy atom. The van der Waals surface area contributed by atoms with Crippen LogP contribution >= 0.6 is 0 Å². The number of carboxylic acids is 1. The van der Waals surface area contributed by atoms with Crippen LogP contribution in [0.5, 0.6) is 0 Å². The summed E-state index contributed by atoms with van der Waals surface area (Å²) in [5.41, 5.74) is 6.81. The van der Waals surface area contributed by atoms with Gasteiger partial charge in [-0.3, -0.25) is 9.78 Å². The molecule has 0 saturated carbocycles. The van der Waals surface area contributed by atoms with Crippen LogP contribution in [-0.4, -0.2) is 30.6 Å². The lowest BCUT2D eigenvalue weighted by Crippen LogP contribution is -2.12. The molecule has 106 valence electrons. The van der Waals surface area contributed by atoms with Crippen molar-refractivity contribution in [3.63, 3.8) is 0 Å². The maximum absolute atomic E-state index is 11.7. The normalized spacial score (nSPS) is 10.9. The molecule has 0 spiro atoms. The van der Waals surface area contributed by atoms with Gasteiger partial charge in [0.1, 0.15) is 0 Å². The Morgan fingerprint density at radius 3 is 2.71 bits per heavy atom. The van der Waals surface area contributed by atoms with Crippen LogP contribution in [0.3, 0.4) is 0 Å². The molecule has 0 aliphatic heterocycles. The lowest BCUT2D eigenvalue weighted by Gasteiger charge is -2.04. The van der Waals surface area contributed by atoms with Gasteiger partial charge in [-0.25, -0.2) is 9.78 Å². The SMILES string of the molecule is Nc1nc2c(ncn2Cc2ccc(C(=O)O)cc2)c(=O)[nH]1. The van der Waals surface area contributed by atoms with Crippen molar-refractivity contribution in [2.45, 2.75) is 6.54 Å². The van der Waals surface area contributed by atoms with Crippen molar-refractivity contribution < 1.29 is 9.90 Å². The number of nitrogen functional groups attached to an aromatic ring is 1. The van der Waals surface area contributed by atoms with Gasteiger partial charge in [0.2, 0.25) is 5.95 Å². The molecule has 0 saturated heterocycles. The molecule has 2 heterocycles. The summed E-state index contributed by atoms with van der Waals surface area (Å²) in [4.78, 5) is 32.9. The number of fused-ring (bicyclic) bond motifs is 1. The topological polar surface area (TPSA) is 127 Å². The first kappa shape index (κ1) is 12.9. The number of benzene rings is 1. The van der Waals surface area contributed by atoms with Gasteiger partial charge in [-0.1, -0.05) is 12.1 Å². The number of nitrogens with one attached hydrogen (secondary N) is 1. The molecular formula is C13H11N5O3. The van der Waals surface area contributed by atoms with Gasteiger partial charge in [0.05, 0.1) is 18.4 Å². The number of hydrogen-bond acceptors (Lipinski definition) is 5. The summed E-state index contributed by atoms with van der Waals surface area (Å²) in [7, 11) is 0. The number of hydrogen-bond donors (Lipinski definition) is 3. The van der Waals surface area contributed by atoms with Gasteiger partial charge in [0.25, 0.3) is 5.56 Å². The molecule has 0 amide bonds. The van der Waals surface area contributed by atoms with Gasteiger partial charge in [0, 0.05) is 0 Å². The molecule has 0 unspecified atom stereocenters. The van der Waals surface area contributed by atoms with Crippen molar-refractivity contribution in [2.75, 3.05) is 5.73 Å². The van der Waals surface area contributed by atoms with E-state index in [4.69, 9.17) is 10.8 Å². The monoisotopic (exact) mass is 285 g/mol. The fraction of sp³-hybridized carbons (Fsp3) is 0.0769. The van der Waals surface area contributed by atoms with Gasteiger partial charge in [-0.15, -0.1) is 0 Å². The largest absolute Gasteiger partial charge is 0.478 e. The molecule has 0 aliphatic carbocycles. The van der Waals surface area contributed by atoms with E-state index in [9.17, 15) is 9.59 Å². The van der Waals surface area contributed by atoms with Crippen LogP contribution in [0.2, 0.25) is 0 Å². The highest BCUT2D eigenvalue weighted by Gasteiger charge is 2.10. The predicted molar refractivity (Wildman–Crippen MR) is 75.1 cm³/mol. The fourth-order valence-electron chi connectivity index (χ4n) is 2.04. The Labute approximate surface area is 117 Å². The number of aromatic amines is 1. The molecule has 21 heavy (non-hydrogen) atoms. The lowest BCUT2D eigenvalue weighted by atomic mass is 10.1. The average Bonchev–Trinajstić information content (AvgIpc) is 2.83. The maximum atomic E-state index is 11.7. The van der Waals surface area contributed by atoms with Crippen LogP contribution in [-0.2, 0) is 6.54 Å². The Hall–Kier alpha value is -3.16. The summed E-state index contributed by atoms with van der Waals surface area (Å²) in [6, 6.07) is 6.44. The van der Waals surface area contributed by atoms with E-state index in [0.717, 1.165) is 5.56 Å². The van der Waals surface area contributed by atoms with Gasteiger partial charge in [-0.05, 0) is 17.7 Å². The van der Waals surface area contributed by atoms with Crippen molar-refractivity contribution in [1.29, 1.82) is 0 Å². The van der Waals surface area contributed by atoms with E-state index < -0.39 is 11.5 Å². The summed E-state index contributed by atoms with van der Waals surface area (Å²) in [5, 5.41) is 8.86. The molecule has 3 rings (SSSR count). The zero-order valence-electron chi connectivity index (χ0n) is 10.8. The van der Waals surface area contributed by atoms with Crippen molar-refractivity contribution in [3.05, 3.63) is 52.1 Å². The van der Waals surface area contributed by atoms with E-state index in [-0.39, 0.29) is 17.0 Å². The first-order chi connectivity index (χ1) is 10.0. The zero-order chi connectivity index (χ0) is 15.0. The zero-order valence-corrected chi connectivity index (χ0v) is 10.8. The maximum Gasteiger partial charge on any atom is 0.335 e. The number of nitrogens with zero attached hydrogens (tertiary/aromatic N) is 3. The number of nitrogens with two attached hydrogens (primary N) is 1. The van der Waals surface area contributed by atoms with E-state index in [1.807, 2.05) is 0 Å². The number of carboxylic acid groups (broad SMARTS) is 1. The fourth-order valence-corrected chi connectivity index (χ4v) is 2.04. The number of rotatable bonds is 3. The van der Waals surface area contributed by atoms with Crippen LogP contribution in [0, 0.1) is 0 Å². The van der Waals surface area contributed by atoms with Gasteiger partial charge in [0.15, 0.2) is 11.2 Å². The van der Waals surface area contributed by atoms with Crippen molar-refractivity contribution in [2.24, 2.45) is 0 Å². The third kappa shape index (κ3) is 2.34.